The second kappa shape index (κ2) is 9.35. The van der Waals surface area contributed by atoms with Crippen molar-refractivity contribution >= 4 is 31.2 Å². The zero-order valence-electron chi connectivity index (χ0n) is 16.6. The van der Waals surface area contributed by atoms with E-state index < -0.39 is 37.5 Å². The van der Waals surface area contributed by atoms with Crippen LogP contribution >= 0.6 is 11.3 Å². The zero-order valence-corrected chi connectivity index (χ0v) is 19.1. The maximum absolute atomic E-state index is 13.4. The lowest BCUT2D eigenvalue weighted by Gasteiger charge is -2.19. The molecule has 1 unspecified atom stereocenters. The standard InChI is InChI=1S/C20H20FNO6S3/c1-27-16-9-10-18(17(12-16)28-2)31(25,26)22-13-19(14-5-7-15(21)8-6-14)30(23,24)20-4-3-11-29-20/h3-12,19,22H,13H2,1-2H3. The summed E-state index contributed by atoms with van der Waals surface area (Å²) in [5.41, 5.74) is 0.263. The first-order valence-electron chi connectivity index (χ1n) is 8.93. The number of ether oxygens (including phenoxy) is 2. The molecule has 2 aromatic carbocycles. The molecule has 3 aromatic rings. The van der Waals surface area contributed by atoms with Gasteiger partial charge in [0.1, 0.15) is 31.7 Å². The molecule has 1 atom stereocenters. The van der Waals surface area contributed by atoms with Crippen molar-refractivity contribution in [1.82, 2.24) is 4.72 Å². The van der Waals surface area contributed by atoms with Gasteiger partial charge in [-0.25, -0.2) is 25.9 Å². The van der Waals surface area contributed by atoms with Gasteiger partial charge in [-0.05, 0) is 41.3 Å². The molecule has 0 aliphatic carbocycles. The van der Waals surface area contributed by atoms with Crippen LogP contribution in [0.1, 0.15) is 10.8 Å². The lowest BCUT2D eigenvalue weighted by atomic mass is 10.1. The van der Waals surface area contributed by atoms with Gasteiger partial charge < -0.3 is 9.47 Å². The average Bonchev–Trinajstić information content (AvgIpc) is 3.30. The van der Waals surface area contributed by atoms with Gasteiger partial charge >= 0.3 is 0 Å². The number of benzene rings is 2. The van der Waals surface area contributed by atoms with E-state index in [9.17, 15) is 21.2 Å². The minimum absolute atomic E-state index is 0.0475. The first kappa shape index (κ1) is 23.2. The Morgan fingerprint density at radius 2 is 1.71 bits per heavy atom. The van der Waals surface area contributed by atoms with Crippen molar-refractivity contribution in [2.75, 3.05) is 20.8 Å². The quantitative estimate of drug-likeness (QED) is 0.499. The molecular weight excluding hydrogens is 465 g/mol. The van der Waals surface area contributed by atoms with Crippen molar-refractivity contribution in [2.45, 2.75) is 14.4 Å². The predicted molar refractivity (Wildman–Crippen MR) is 115 cm³/mol. The number of hydrogen-bond acceptors (Lipinski definition) is 7. The highest BCUT2D eigenvalue weighted by Gasteiger charge is 2.32. The summed E-state index contributed by atoms with van der Waals surface area (Å²) in [6.07, 6.45) is 0. The minimum atomic E-state index is -4.13. The largest absolute Gasteiger partial charge is 0.497 e. The summed E-state index contributed by atoms with van der Waals surface area (Å²) in [5.74, 6) is -0.0777. The van der Waals surface area contributed by atoms with Gasteiger partial charge in [0.25, 0.3) is 0 Å². The number of sulfone groups is 1. The molecule has 1 heterocycles. The fraction of sp³-hybridized carbons (Fsp3) is 0.200. The molecule has 0 radical (unpaired) electrons. The van der Waals surface area contributed by atoms with Crippen molar-refractivity contribution < 1.29 is 30.7 Å². The molecule has 0 fully saturated rings. The van der Waals surface area contributed by atoms with Gasteiger partial charge in [-0.1, -0.05) is 18.2 Å². The van der Waals surface area contributed by atoms with Gasteiger partial charge in [0, 0.05) is 12.6 Å². The normalized spacial score (nSPS) is 13.0. The molecule has 166 valence electrons. The second-order valence-corrected chi connectivity index (χ2v) is 11.4. The van der Waals surface area contributed by atoms with Crippen molar-refractivity contribution in [3.8, 4) is 11.5 Å². The number of sulfonamides is 1. The van der Waals surface area contributed by atoms with Crippen LogP contribution in [0.4, 0.5) is 4.39 Å². The van der Waals surface area contributed by atoms with Crippen molar-refractivity contribution in [3.05, 3.63) is 71.4 Å². The smallest absolute Gasteiger partial charge is 0.244 e. The molecule has 3 rings (SSSR count). The third-order valence-electron chi connectivity index (χ3n) is 4.51. The molecule has 0 amide bonds. The first-order chi connectivity index (χ1) is 14.7. The van der Waals surface area contributed by atoms with Crippen LogP contribution in [0.25, 0.3) is 0 Å². The van der Waals surface area contributed by atoms with Crippen molar-refractivity contribution in [3.63, 3.8) is 0 Å². The Labute approximate surface area is 184 Å². The summed E-state index contributed by atoms with van der Waals surface area (Å²) >= 11 is 1.02. The van der Waals surface area contributed by atoms with Crippen LogP contribution in [0.5, 0.6) is 11.5 Å². The number of thiophene rings is 1. The van der Waals surface area contributed by atoms with Crippen LogP contribution in [-0.4, -0.2) is 37.6 Å². The molecule has 1 N–H and O–H groups in total. The molecule has 0 aliphatic rings. The molecule has 7 nitrogen and oxygen atoms in total. The van der Waals surface area contributed by atoms with Gasteiger partial charge in [0.05, 0.1) is 14.2 Å². The van der Waals surface area contributed by atoms with Gasteiger partial charge in [-0.2, -0.15) is 0 Å². The Hall–Kier alpha value is -2.47. The molecule has 31 heavy (non-hydrogen) atoms. The van der Waals surface area contributed by atoms with Gasteiger partial charge in [-0.15, -0.1) is 11.3 Å². The van der Waals surface area contributed by atoms with Crippen LogP contribution < -0.4 is 14.2 Å². The SMILES string of the molecule is COc1ccc(S(=O)(=O)NCC(c2ccc(F)cc2)S(=O)(=O)c2cccs2)c(OC)c1. The Balaban J connectivity index is 1.96. The molecule has 0 aliphatic heterocycles. The second-order valence-electron chi connectivity index (χ2n) is 6.39. The number of hydrogen-bond donors (Lipinski definition) is 1. The Kier molecular flexibility index (Phi) is 6.99. The Morgan fingerprint density at radius 1 is 1.00 bits per heavy atom. The lowest BCUT2D eigenvalue weighted by molar-refractivity contribution is 0.386. The summed E-state index contributed by atoms with van der Waals surface area (Å²) in [7, 11) is -5.32. The number of nitrogens with one attached hydrogen (secondary N) is 1. The molecule has 0 spiro atoms. The van der Waals surface area contributed by atoms with E-state index in [0.717, 1.165) is 23.5 Å². The van der Waals surface area contributed by atoms with E-state index >= 15 is 0 Å². The lowest BCUT2D eigenvalue weighted by Crippen LogP contribution is -2.32. The maximum atomic E-state index is 13.4. The van der Waals surface area contributed by atoms with E-state index in [1.165, 1.54) is 50.6 Å². The topological polar surface area (TPSA) is 98.8 Å². The highest BCUT2D eigenvalue weighted by Crippen LogP contribution is 2.33. The van der Waals surface area contributed by atoms with E-state index in [-0.39, 0.29) is 20.4 Å². The monoisotopic (exact) mass is 485 g/mol. The predicted octanol–water partition coefficient (Wildman–Crippen LogP) is 3.40. The van der Waals surface area contributed by atoms with E-state index in [0.29, 0.717) is 5.75 Å². The highest BCUT2D eigenvalue weighted by atomic mass is 32.2. The highest BCUT2D eigenvalue weighted by molar-refractivity contribution is 7.93. The summed E-state index contributed by atoms with van der Waals surface area (Å²) in [6.45, 7) is -0.455. The number of rotatable bonds is 9. The molecule has 0 saturated heterocycles. The van der Waals surface area contributed by atoms with E-state index in [1.54, 1.807) is 11.4 Å². The van der Waals surface area contributed by atoms with Crippen LogP contribution in [0.3, 0.4) is 0 Å². The van der Waals surface area contributed by atoms with Crippen LogP contribution in [0.15, 0.2) is 69.1 Å². The van der Waals surface area contributed by atoms with E-state index in [4.69, 9.17) is 9.47 Å². The Morgan fingerprint density at radius 3 is 2.29 bits per heavy atom. The molecule has 11 heteroatoms. The maximum Gasteiger partial charge on any atom is 0.244 e. The van der Waals surface area contributed by atoms with E-state index in [1.807, 2.05) is 0 Å². The van der Waals surface area contributed by atoms with E-state index in [2.05, 4.69) is 4.72 Å². The van der Waals surface area contributed by atoms with Gasteiger partial charge in [-0.3, -0.25) is 0 Å². The number of methoxy groups -OCH3 is 2. The third-order valence-corrected chi connectivity index (χ3v) is 9.51. The fourth-order valence-electron chi connectivity index (χ4n) is 2.91. The van der Waals surface area contributed by atoms with Crippen LogP contribution in [-0.2, 0) is 19.9 Å². The van der Waals surface area contributed by atoms with Crippen LogP contribution in [0.2, 0.25) is 0 Å². The summed E-state index contributed by atoms with van der Waals surface area (Å²) < 4.78 is 78.3. The molecule has 0 bridgehead atoms. The summed E-state index contributed by atoms with van der Waals surface area (Å²) in [6, 6.07) is 12.1. The van der Waals surface area contributed by atoms with Crippen molar-refractivity contribution in [2.24, 2.45) is 0 Å². The third kappa shape index (κ3) is 5.06. The summed E-state index contributed by atoms with van der Waals surface area (Å²) in [5, 5.41) is 0.354. The van der Waals surface area contributed by atoms with Gasteiger partial charge in [0.15, 0.2) is 9.84 Å². The fourth-order valence-corrected chi connectivity index (χ4v) is 7.08. The number of halogens is 1. The Bertz CT molecular complexity index is 1240. The van der Waals surface area contributed by atoms with Crippen molar-refractivity contribution in [1.29, 1.82) is 0 Å². The molecule has 0 saturated carbocycles. The van der Waals surface area contributed by atoms with Gasteiger partial charge in [0.2, 0.25) is 10.0 Å². The first-order valence-corrected chi connectivity index (χ1v) is 12.8. The average molecular weight is 486 g/mol. The zero-order chi connectivity index (χ0) is 22.6. The molecular formula is C20H20FNO6S3. The molecule has 1 aromatic heterocycles. The van der Waals surface area contributed by atoms with Crippen LogP contribution in [0, 0.1) is 5.82 Å². The minimum Gasteiger partial charge on any atom is -0.497 e. The summed E-state index contributed by atoms with van der Waals surface area (Å²) in [4.78, 5) is -0.165.